The van der Waals surface area contributed by atoms with Gasteiger partial charge in [0, 0.05) is 28.3 Å². The summed E-state index contributed by atoms with van der Waals surface area (Å²) < 4.78 is 0. The van der Waals surface area contributed by atoms with Crippen molar-refractivity contribution in [2.24, 2.45) is 0 Å². The van der Waals surface area contributed by atoms with Gasteiger partial charge >= 0.3 is 5.97 Å². The van der Waals surface area contributed by atoms with Crippen LogP contribution in [0, 0.1) is 0 Å². The first-order chi connectivity index (χ1) is 13.5. The maximum atomic E-state index is 10.9. The van der Waals surface area contributed by atoms with Crippen molar-refractivity contribution < 1.29 is 15.0 Å². The molecule has 0 unspecified atom stereocenters. The molecule has 0 radical (unpaired) electrons. The number of carboxylic acids is 1. The van der Waals surface area contributed by atoms with Crippen LogP contribution in [0.1, 0.15) is 17.1 Å². The van der Waals surface area contributed by atoms with E-state index in [0.717, 1.165) is 33.3 Å². The second-order valence-corrected chi connectivity index (χ2v) is 7.65. The number of aliphatic hydroxyl groups excluding tert-OH is 1. The Balaban J connectivity index is 1.68. The van der Waals surface area contributed by atoms with E-state index in [1.165, 1.54) is 11.3 Å². The molecule has 4 rings (SSSR count). The average molecular weight is 414 g/mol. The molecular weight excluding hydrogens is 398 g/mol. The number of aliphatic carboxylic acids is 1. The van der Waals surface area contributed by atoms with Crippen LogP contribution in [0.15, 0.2) is 41.8 Å². The van der Waals surface area contributed by atoms with E-state index in [-0.39, 0.29) is 13.0 Å². The Morgan fingerprint density at radius 2 is 1.93 bits per heavy atom. The number of fused-ring (bicyclic) bond motifs is 1. The van der Waals surface area contributed by atoms with Crippen LogP contribution in [0.2, 0.25) is 5.02 Å². The number of aliphatic hydroxyl groups is 1. The van der Waals surface area contributed by atoms with Crippen molar-refractivity contribution in [2.75, 3.05) is 0 Å². The molecule has 0 amide bonds. The Hall–Kier alpha value is -2.74. The summed E-state index contributed by atoms with van der Waals surface area (Å²) in [5, 5.41) is 29.3. The van der Waals surface area contributed by atoms with E-state index in [9.17, 15) is 9.90 Å². The van der Waals surface area contributed by atoms with Gasteiger partial charge in [-0.15, -0.1) is 11.3 Å². The fourth-order valence-electron chi connectivity index (χ4n) is 3.07. The Morgan fingerprint density at radius 3 is 2.61 bits per heavy atom. The van der Waals surface area contributed by atoms with E-state index in [1.807, 2.05) is 41.8 Å². The summed E-state index contributed by atoms with van der Waals surface area (Å²) in [6, 6.07) is 11.6. The second-order valence-electron chi connectivity index (χ2n) is 6.30. The number of carbonyl (C=O) groups is 1. The van der Waals surface area contributed by atoms with E-state index in [2.05, 4.69) is 15.2 Å². The molecule has 28 heavy (non-hydrogen) atoms. The van der Waals surface area contributed by atoms with Gasteiger partial charge in [-0.3, -0.25) is 9.89 Å². The number of hydrogen-bond acceptors (Lipinski definition) is 5. The van der Waals surface area contributed by atoms with E-state index in [4.69, 9.17) is 16.7 Å². The number of hydrogen-bond donors (Lipinski definition) is 3. The summed E-state index contributed by atoms with van der Waals surface area (Å²) in [6.07, 6.45) is 0.377. The lowest BCUT2D eigenvalue weighted by atomic mass is 10.0. The SMILES string of the molecule is O=C(O)CCc1n[nH]c2cc(Cl)c(-c3ccc(-c4csc(CO)n4)cc3)cc12. The van der Waals surface area contributed by atoms with Gasteiger partial charge in [-0.1, -0.05) is 35.9 Å². The fourth-order valence-corrected chi connectivity index (χ4v) is 4.00. The van der Waals surface area contributed by atoms with Crippen LogP contribution >= 0.6 is 22.9 Å². The van der Waals surface area contributed by atoms with Gasteiger partial charge in [0.15, 0.2) is 0 Å². The molecule has 0 saturated carbocycles. The molecule has 3 N–H and O–H groups in total. The molecule has 2 aromatic carbocycles. The van der Waals surface area contributed by atoms with Crippen LogP contribution in [0.4, 0.5) is 0 Å². The summed E-state index contributed by atoms with van der Waals surface area (Å²) in [5.74, 6) is -0.854. The third-order valence-electron chi connectivity index (χ3n) is 4.48. The van der Waals surface area contributed by atoms with E-state index in [1.54, 1.807) is 0 Å². The maximum Gasteiger partial charge on any atom is 0.303 e. The van der Waals surface area contributed by atoms with Gasteiger partial charge in [-0.2, -0.15) is 5.10 Å². The van der Waals surface area contributed by atoms with Crippen LogP contribution in [-0.4, -0.2) is 31.4 Å². The minimum atomic E-state index is -0.854. The molecular formula is C20H16ClN3O3S. The van der Waals surface area contributed by atoms with Crippen molar-refractivity contribution in [2.45, 2.75) is 19.4 Å². The number of aromatic nitrogens is 3. The van der Waals surface area contributed by atoms with E-state index in [0.29, 0.717) is 22.1 Å². The maximum absolute atomic E-state index is 10.9. The zero-order chi connectivity index (χ0) is 19.7. The minimum Gasteiger partial charge on any atom is -0.481 e. The second kappa shape index (κ2) is 7.71. The van der Waals surface area contributed by atoms with Gasteiger partial charge in [-0.25, -0.2) is 4.98 Å². The predicted octanol–water partition coefficient (Wildman–Crippen LogP) is 4.52. The summed E-state index contributed by atoms with van der Waals surface area (Å²) in [6.45, 7) is -0.0622. The number of rotatable bonds is 6. The van der Waals surface area contributed by atoms with Crippen molar-refractivity contribution in [3.05, 3.63) is 57.5 Å². The lowest BCUT2D eigenvalue weighted by molar-refractivity contribution is -0.136. The summed E-state index contributed by atoms with van der Waals surface area (Å²) in [5.41, 5.74) is 5.08. The molecule has 0 spiro atoms. The van der Waals surface area contributed by atoms with Gasteiger partial charge < -0.3 is 10.2 Å². The number of benzene rings is 2. The van der Waals surface area contributed by atoms with Crippen molar-refractivity contribution in [3.63, 3.8) is 0 Å². The number of aryl methyl sites for hydroxylation is 1. The summed E-state index contributed by atoms with van der Waals surface area (Å²) in [4.78, 5) is 15.2. The Labute approximate surface area is 169 Å². The fraction of sp³-hybridized carbons (Fsp3) is 0.150. The zero-order valence-corrected chi connectivity index (χ0v) is 16.2. The lowest BCUT2D eigenvalue weighted by Gasteiger charge is -2.07. The van der Waals surface area contributed by atoms with Crippen LogP contribution in [-0.2, 0) is 17.8 Å². The number of nitrogens with zero attached hydrogens (tertiary/aromatic N) is 2. The first-order valence-electron chi connectivity index (χ1n) is 8.59. The lowest BCUT2D eigenvalue weighted by Crippen LogP contribution is -1.98. The largest absolute Gasteiger partial charge is 0.481 e. The van der Waals surface area contributed by atoms with Crippen molar-refractivity contribution in [1.82, 2.24) is 15.2 Å². The standard InChI is InChI=1S/C20H16ClN3O3S/c21-15-8-17-14(16(23-24-17)5-6-20(26)27)7-13(15)11-1-3-12(4-2-11)18-10-28-19(9-25)22-18/h1-4,7-8,10,25H,5-6,9H2,(H,23,24)(H,26,27). The van der Waals surface area contributed by atoms with Gasteiger partial charge in [0.2, 0.25) is 0 Å². The molecule has 0 fully saturated rings. The number of halogens is 1. The quantitative estimate of drug-likeness (QED) is 0.431. The summed E-state index contributed by atoms with van der Waals surface area (Å²) >= 11 is 7.90. The van der Waals surface area contributed by atoms with E-state index >= 15 is 0 Å². The number of H-pyrrole nitrogens is 1. The molecule has 142 valence electrons. The Kier molecular flexibility index (Phi) is 5.13. The topological polar surface area (TPSA) is 99.1 Å². The highest BCUT2D eigenvalue weighted by Crippen LogP contribution is 2.34. The third-order valence-corrected chi connectivity index (χ3v) is 5.63. The first kappa shape index (κ1) is 18.6. The van der Waals surface area contributed by atoms with Gasteiger partial charge in [0.25, 0.3) is 0 Å². The number of thiazole rings is 1. The average Bonchev–Trinajstić information content (AvgIpc) is 3.32. The normalized spacial score (nSPS) is 11.2. The molecule has 0 aliphatic heterocycles. The summed E-state index contributed by atoms with van der Waals surface area (Å²) in [7, 11) is 0. The van der Waals surface area contributed by atoms with Crippen molar-refractivity contribution >= 4 is 39.8 Å². The number of nitrogens with one attached hydrogen (secondary N) is 1. The highest BCUT2D eigenvalue weighted by molar-refractivity contribution is 7.09. The van der Waals surface area contributed by atoms with E-state index < -0.39 is 5.97 Å². The smallest absolute Gasteiger partial charge is 0.303 e. The molecule has 0 atom stereocenters. The van der Waals surface area contributed by atoms with Crippen LogP contribution in [0.3, 0.4) is 0 Å². The van der Waals surface area contributed by atoms with Crippen LogP contribution in [0.25, 0.3) is 33.3 Å². The Morgan fingerprint density at radius 1 is 1.18 bits per heavy atom. The molecule has 2 heterocycles. The van der Waals surface area contributed by atoms with Gasteiger partial charge in [0.05, 0.1) is 35.0 Å². The molecule has 0 saturated heterocycles. The monoisotopic (exact) mass is 413 g/mol. The number of carboxylic acid groups (broad SMARTS) is 1. The highest BCUT2D eigenvalue weighted by Gasteiger charge is 2.13. The molecule has 0 bridgehead atoms. The van der Waals surface area contributed by atoms with Crippen molar-refractivity contribution in [3.8, 4) is 22.4 Å². The molecule has 4 aromatic rings. The first-order valence-corrected chi connectivity index (χ1v) is 9.85. The molecule has 2 aromatic heterocycles. The molecule has 6 nitrogen and oxygen atoms in total. The van der Waals surface area contributed by atoms with Crippen molar-refractivity contribution in [1.29, 1.82) is 0 Å². The zero-order valence-electron chi connectivity index (χ0n) is 14.6. The molecule has 0 aliphatic carbocycles. The Bertz CT molecular complexity index is 1150. The minimum absolute atomic E-state index is 0.0239. The van der Waals surface area contributed by atoms with Crippen LogP contribution < -0.4 is 0 Å². The van der Waals surface area contributed by atoms with Gasteiger partial charge in [-0.05, 0) is 17.7 Å². The third kappa shape index (κ3) is 3.64. The number of aromatic amines is 1. The van der Waals surface area contributed by atoms with Crippen LogP contribution in [0.5, 0.6) is 0 Å². The molecule has 0 aliphatic rings. The highest BCUT2D eigenvalue weighted by atomic mass is 35.5. The molecule has 8 heteroatoms. The van der Waals surface area contributed by atoms with Gasteiger partial charge in [0.1, 0.15) is 5.01 Å². The predicted molar refractivity (Wildman–Crippen MR) is 110 cm³/mol.